The Morgan fingerprint density at radius 1 is 0.875 bits per heavy atom. The third-order valence-corrected chi connectivity index (χ3v) is 4.65. The van der Waals surface area contributed by atoms with E-state index in [2.05, 4.69) is 34.7 Å². The molecule has 0 bridgehead atoms. The summed E-state index contributed by atoms with van der Waals surface area (Å²) in [7, 11) is 0. The molecule has 0 radical (unpaired) electrons. The number of piperidine rings is 1. The molecule has 1 aliphatic heterocycles. The van der Waals surface area contributed by atoms with Gasteiger partial charge < -0.3 is 9.84 Å². The van der Waals surface area contributed by atoms with E-state index in [0.717, 1.165) is 37.4 Å². The van der Waals surface area contributed by atoms with Crippen LogP contribution in [-0.2, 0) is 5.41 Å². The quantitative estimate of drug-likeness (QED) is 0.786. The molecule has 2 heterocycles. The second-order valence-electron chi connectivity index (χ2n) is 5.99. The predicted octanol–water partition coefficient (Wildman–Crippen LogP) is 3.83. The molecule has 1 saturated heterocycles. The molecule has 0 spiro atoms. The molecule has 1 N–H and O–H groups in total. The van der Waals surface area contributed by atoms with E-state index in [9.17, 15) is 0 Å². The van der Waals surface area contributed by atoms with Crippen LogP contribution in [0.3, 0.4) is 0 Å². The van der Waals surface area contributed by atoms with Crippen LogP contribution < -0.4 is 5.32 Å². The summed E-state index contributed by atoms with van der Waals surface area (Å²) >= 11 is 0. The highest BCUT2D eigenvalue weighted by Gasteiger charge is 2.40. The van der Waals surface area contributed by atoms with Gasteiger partial charge in [0.1, 0.15) is 0 Å². The van der Waals surface area contributed by atoms with Crippen LogP contribution in [0.1, 0.15) is 24.3 Å². The normalized spacial score (nSPS) is 16.3. The second-order valence-corrected chi connectivity index (χ2v) is 5.99. The van der Waals surface area contributed by atoms with Crippen LogP contribution in [0.5, 0.6) is 0 Å². The highest BCUT2D eigenvalue weighted by molar-refractivity contribution is 5.85. The van der Waals surface area contributed by atoms with Gasteiger partial charge in [0.15, 0.2) is 0 Å². The molecule has 2 aromatic carbocycles. The Bertz CT molecular complexity index is 768. The molecule has 0 unspecified atom stereocenters. The maximum absolute atomic E-state index is 5.73. The van der Waals surface area contributed by atoms with Crippen molar-refractivity contribution in [3.05, 3.63) is 72.1 Å². The standard InChI is InChI=1S/C19H19N3O.ClH/c1-3-7-15(8-4-1)17-21-18(23-22-17)19(11-13-20-14-12-19)16-9-5-2-6-10-16;/h1-10,20H,11-14H2;1H. The van der Waals surface area contributed by atoms with Crippen LogP contribution in [0.25, 0.3) is 11.4 Å². The van der Waals surface area contributed by atoms with E-state index in [1.165, 1.54) is 5.56 Å². The molecular weight excluding hydrogens is 322 g/mol. The topological polar surface area (TPSA) is 51.0 Å². The minimum absolute atomic E-state index is 0. The van der Waals surface area contributed by atoms with Gasteiger partial charge in [0.25, 0.3) is 0 Å². The first-order chi connectivity index (χ1) is 11.4. The summed E-state index contributed by atoms with van der Waals surface area (Å²) in [5, 5.41) is 7.65. The number of aromatic nitrogens is 2. The Morgan fingerprint density at radius 3 is 2.17 bits per heavy atom. The number of nitrogens with zero attached hydrogens (tertiary/aromatic N) is 2. The molecule has 4 rings (SSSR count). The number of benzene rings is 2. The minimum atomic E-state index is -0.188. The Labute approximate surface area is 147 Å². The monoisotopic (exact) mass is 341 g/mol. The fourth-order valence-corrected chi connectivity index (χ4v) is 3.36. The van der Waals surface area contributed by atoms with E-state index in [-0.39, 0.29) is 17.8 Å². The molecule has 5 heteroatoms. The average molecular weight is 342 g/mol. The van der Waals surface area contributed by atoms with E-state index in [1.54, 1.807) is 0 Å². The molecule has 3 aromatic rings. The van der Waals surface area contributed by atoms with Crippen LogP contribution in [0.15, 0.2) is 65.2 Å². The van der Waals surface area contributed by atoms with Crippen molar-refractivity contribution in [1.82, 2.24) is 15.5 Å². The second kappa shape index (κ2) is 7.16. The summed E-state index contributed by atoms with van der Waals surface area (Å²) in [5.41, 5.74) is 2.05. The van der Waals surface area contributed by atoms with Gasteiger partial charge in [-0.15, -0.1) is 12.4 Å². The largest absolute Gasteiger partial charge is 0.338 e. The van der Waals surface area contributed by atoms with Crippen LogP contribution in [0.2, 0.25) is 0 Å². The zero-order valence-corrected chi connectivity index (χ0v) is 14.1. The van der Waals surface area contributed by atoms with E-state index >= 15 is 0 Å². The molecule has 24 heavy (non-hydrogen) atoms. The van der Waals surface area contributed by atoms with E-state index in [0.29, 0.717) is 5.82 Å². The molecule has 124 valence electrons. The van der Waals surface area contributed by atoms with Crippen LogP contribution in [0, 0.1) is 0 Å². The summed E-state index contributed by atoms with van der Waals surface area (Å²) in [5.74, 6) is 1.39. The first kappa shape index (κ1) is 16.7. The van der Waals surface area contributed by atoms with Crippen LogP contribution >= 0.6 is 12.4 Å². The van der Waals surface area contributed by atoms with Crippen LogP contribution in [-0.4, -0.2) is 23.2 Å². The number of halogens is 1. The zero-order valence-electron chi connectivity index (χ0n) is 13.3. The summed E-state index contributed by atoms with van der Waals surface area (Å²) in [6, 6.07) is 20.5. The van der Waals surface area contributed by atoms with Gasteiger partial charge >= 0.3 is 0 Å². The first-order valence-electron chi connectivity index (χ1n) is 8.04. The fourth-order valence-electron chi connectivity index (χ4n) is 3.36. The van der Waals surface area contributed by atoms with Crippen molar-refractivity contribution in [2.75, 3.05) is 13.1 Å². The van der Waals surface area contributed by atoms with Crippen molar-refractivity contribution in [2.45, 2.75) is 18.3 Å². The van der Waals surface area contributed by atoms with Gasteiger partial charge in [-0.1, -0.05) is 65.8 Å². The lowest BCUT2D eigenvalue weighted by Crippen LogP contribution is -2.41. The maximum atomic E-state index is 5.73. The Balaban J connectivity index is 0.00000169. The zero-order chi connectivity index (χ0) is 15.5. The van der Waals surface area contributed by atoms with Gasteiger partial charge in [0.2, 0.25) is 11.7 Å². The number of nitrogens with one attached hydrogen (secondary N) is 1. The minimum Gasteiger partial charge on any atom is -0.338 e. The van der Waals surface area contributed by atoms with Gasteiger partial charge in [-0.25, -0.2) is 0 Å². The SMILES string of the molecule is Cl.c1ccc(-c2noc(C3(c4ccccc4)CCNCC3)n2)cc1. The Hall–Kier alpha value is -2.17. The van der Waals surface area contributed by atoms with Gasteiger partial charge in [0.05, 0.1) is 5.41 Å². The molecule has 1 aliphatic rings. The van der Waals surface area contributed by atoms with Gasteiger partial charge in [-0.3, -0.25) is 0 Å². The lowest BCUT2D eigenvalue weighted by molar-refractivity contribution is 0.260. The number of hydrogen-bond donors (Lipinski definition) is 1. The van der Waals surface area contributed by atoms with Gasteiger partial charge in [-0.05, 0) is 31.5 Å². The third-order valence-electron chi connectivity index (χ3n) is 4.65. The lowest BCUT2D eigenvalue weighted by atomic mass is 9.73. The van der Waals surface area contributed by atoms with Crippen molar-refractivity contribution in [3.8, 4) is 11.4 Å². The summed E-state index contributed by atoms with van der Waals surface area (Å²) in [4.78, 5) is 4.75. The van der Waals surface area contributed by atoms with Gasteiger partial charge in [0, 0.05) is 5.56 Å². The smallest absolute Gasteiger partial charge is 0.237 e. The molecule has 4 nitrogen and oxygen atoms in total. The van der Waals surface area contributed by atoms with Crippen molar-refractivity contribution >= 4 is 12.4 Å². The van der Waals surface area contributed by atoms with E-state index in [4.69, 9.17) is 9.51 Å². The van der Waals surface area contributed by atoms with Crippen molar-refractivity contribution in [1.29, 1.82) is 0 Å². The van der Waals surface area contributed by atoms with Gasteiger partial charge in [-0.2, -0.15) is 4.98 Å². The summed E-state index contributed by atoms with van der Waals surface area (Å²) in [6.07, 6.45) is 1.93. The Kier molecular flexibility index (Phi) is 4.97. The Morgan fingerprint density at radius 2 is 1.50 bits per heavy atom. The fraction of sp³-hybridized carbons (Fsp3) is 0.263. The molecule has 0 amide bonds. The molecule has 0 aliphatic carbocycles. The molecular formula is C19H20ClN3O. The predicted molar refractivity (Wildman–Crippen MR) is 96.3 cm³/mol. The van der Waals surface area contributed by atoms with Crippen LogP contribution in [0.4, 0.5) is 0 Å². The third kappa shape index (κ3) is 2.95. The number of rotatable bonds is 3. The molecule has 0 atom stereocenters. The highest BCUT2D eigenvalue weighted by Crippen LogP contribution is 2.39. The van der Waals surface area contributed by atoms with Crippen molar-refractivity contribution < 1.29 is 4.52 Å². The highest BCUT2D eigenvalue weighted by atomic mass is 35.5. The average Bonchev–Trinajstić information content (AvgIpc) is 3.14. The van der Waals surface area contributed by atoms with E-state index in [1.807, 2.05) is 36.4 Å². The van der Waals surface area contributed by atoms with E-state index < -0.39 is 0 Å². The van der Waals surface area contributed by atoms with Crippen molar-refractivity contribution in [2.24, 2.45) is 0 Å². The summed E-state index contributed by atoms with van der Waals surface area (Å²) in [6.45, 7) is 1.91. The van der Waals surface area contributed by atoms with Crippen molar-refractivity contribution in [3.63, 3.8) is 0 Å². The maximum Gasteiger partial charge on any atom is 0.237 e. The molecule has 0 saturated carbocycles. The first-order valence-corrected chi connectivity index (χ1v) is 8.04. The number of hydrogen-bond acceptors (Lipinski definition) is 4. The summed E-state index contributed by atoms with van der Waals surface area (Å²) < 4.78 is 5.73. The lowest BCUT2D eigenvalue weighted by Gasteiger charge is -2.34. The molecule has 1 aromatic heterocycles. The molecule has 1 fully saturated rings.